The lowest BCUT2D eigenvalue weighted by atomic mass is 10.2. The van der Waals surface area contributed by atoms with E-state index in [0.717, 1.165) is 26.2 Å². The Morgan fingerprint density at radius 2 is 1.88 bits per heavy atom. The predicted octanol–water partition coefficient (Wildman–Crippen LogP) is 0.826. The molecule has 2 N–H and O–H groups in total. The Hall–Kier alpha value is -2.80. The van der Waals surface area contributed by atoms with E-state index >= 15 is 0 Å². The van der Waals surface area contributed by atoms with Crippen LogP contribution in [0.4, 0.5) is 5.69 Å². The zero-order chi connectivity index (χ0) is 17.6. The largest absolute Gasteiger partial charge is 0.477 e. The minimum Gasteiger partial charge on any atom is -0.477 e. The summed E-state index contributed by atoms with van der Waals surface area (Å²) < 4.78 is 10.5. The Kier molecular flexibility index (Phi) is 5.35. The minimum absolute atomic E-state index is 0.00329. The number of carbonyl (C=O) groups excluding carboxylic acids is 1. The molecule has 0 aliphatic carbocycles. The van der Waals surface area contributed by atoms with E-state index in [1.807, 2.05) is 18.2 Å². The molecule has 132 valence electrons. The highest BCUT2D eigenvalue weighted by Crippen LogP contribution is 2.17. The molecule has 1 saturated heterocycles. The smallest absolute Gasteiger partial charge is 0.255 e. The van der Waals surface area contributed by atoms with Crippen molar-refractivity contribution < 1.29 is 13.9 Å². The quantitative estimate of drug-likeness (QED) is 0.836. The van der Waals surface area contributed by atoms with Gasteiger partial charge < -0.3 is 19.8 Å². The topological polar surface area (TPSA) is 89.0 Å². The zero-order valence-corrected chi connectivity index (χ0v) is 13.9. The number of benzene rings is 1. The maximum atomic E-state index is 12.0. The number of hydrogen-bond donors (Lipinski definition) is 1. The van der Waals surface area contributed by atoms with Crippen LogP contribution in [0.25, 0.3) is 0 Å². The van der Waals surface area contributed by atoms with Gasteiger partial charge in [-0.2, -0.15) is 0 Å². The highest BCUT2D eigenvalue weighted by molar-refractivity contribution is 5.75. The molecule has 1 aromatic carbocycles. The highest BCUT2D eigenvalue weighted by atomic mass is 16.5. The van der Waals surface area contributed by atoms with Crippen molar-refractivity contribution in [1.29, 1.82) is 0 Å². The third-order valence-corrected chi connectivity index (χ3v) is 4.10. The van der Waals surface area contributed by atoms with E-state index in [0.29, 0.717) is 12.3 Å². The Bertz CT molecular complexity index is 767. The minimum atomic E-state index is -0.639. The monoisotopic (exact) mass is 343 g/mol. The summed E-state index contributed by atoms with van der Waals surface area (Å²) in [5.74, 6) is -0.0687. The Morgan fingerprint density at radius 3 is 2.52 bits per heavy atom. The molecule has 1 aliphatic rings. The van der Waals surface area contributed by atoms with Crippen molar-refractivity contribution in [3.05, 3.63) is 58.6 Å². The van der Waals surface area contributed by atoms with E-state index in [1.54, 1.807) is 0 Å². The van der Waals surface area contributed by atoms with Gasteiger partial charge in [-0.05, 0) is 12.1 Å². The standard InChI is InChI=1S/C18H21N3O4/c19-18(23)13-25-17-12-24-15(10-16(17)22)11-20-6-8-21(9-7-20)14-4-2-1-3-5-14/h1-5,10,12H,6-9,11,13H2,(H2,19,23). The van der Waals surface area contributed by atoms with Crippen LogP contribution >= 0.6 is 0 Å². The van der Waals surface area contributed by atoms with E-state index in [9.17, 15) is 9.59 Å². The summed E-state index contributed by atoms with van der Waals surface area (Å²) in [6, 6.07) is 11.7. The van der Waals surface area contributed by atoms with E-state index in [4.69, 9.17) is 14.9 Å². The lowest BCUT2D eigenvalue weighted by Gasteiger charge is -2.35. The second-order valence-corrected chi connectivity index (χ2v) is 5.93. The molecule has 0 spiro atoms. The van der Waals surface area contributed by atoms with Crippen molar-refractivity contribution >= 4 is 11.6 Å². The summed E-state index contributed by atoms with van der Waals surface area (Å²) in [5.41, 5.74) is 5.90. The summed E-state index contributed by atoms with van der Waals surface area (Å²) in [6.45, 7) is 3.85. The number of nitrogens with two attached hydrogens (primary N) is 1. The molecule has 7 nitrogen and oxygen atoms in total. The van der Waals surface area contributed by atoms with Gasteiger partial charge in [-0.25, -0.2) is 0 Å². The maximum absolute atomic E-state index is 12.0. The summed E-state index contributed by atoms with van der Waals surface area (Å²) in [7, 11) is 0. The fraction of sp³-hybridized carbons (Fsp3) is 0.333. The van der Waals surface area contributed by atoms with Crippen LogP contribution in [0.15, 0.2) is 51.9 Å². The summed E-state index contributed by atoms with van der Waals surface area (Å²) in [5, 5.41) is 0. The molecule has 0 unspecified atom stereocenters. The summed E-state index contributed by atoms with van der Waals surface area (Å²) in [4.78, 5) is 27.2. The molecule has 0 radical (unpaired) electrons. The number of hydrogen-bond acceptors (Lipinski definition) is 6. The van der Waals surface area contributed by atoms with E-state index in [-0.39, 0.29) is 17.8 Å². The third-order valence-electron chi connectivity index (χ3n) is 4.10. The number of para-hydroxylation sites is 1. The lowest BCUT2D eigenvalue weighted by molar-refractivity contribution is -0.119. The molecule has 2 heterocycles. The molecule has 1 amide bonds. The molecule has 3 rings (SSSR count). The number of amides is 1. The first kappa shape index (κ1) is 17.0. The molecule has 7 heteroatoms. The molecular formula is C18H21N3O4. The van der Waals surface area contributed by atoms with Crippen molar-refractivity contribution in [3.8, 4) is 5.75 Å². The number of nitrogens with zero attached hydrogens (tertiary/aromatic N) is 2. The zero-order valence-electron chi connectivity index (χ0n) is 13.9. The first-order valence-electron chi connectivity index (χ1n) is 8.17. The molecular weight excluding hydrogens is 322 g/mol. The molecule has 0 atom stereocenters. The molecule has 1 fully saturated rings. The van der Waals surface area contributed by atoms with Crippen LogP contribution < -0.4 is 20.8 Å². The van der Waals surface area contributed by atoms with Crippen LogP contribution in [0.2, 0.25) is 0 Å². The van der Waals surface area contributed by atoms with Gasteiger partial charge in [0.15, 0.2) is 6.61 Å². The van der Waals surface area contributed by atoms with Gasteiger partial charge in [-0.15, -0.1) is 0 Å². The van der Waals surface area contributed by atoms with Gasteiger partial charge in [-0.1, -0.05) is 18.2 Å². The number of rotatable bonds is 6. The van der Waals surface area contributed by atoms with Crippen molar-refractivity contribution in [2.24, 2.45) is 5.73 Å². The number of primary amides is 1. The summed E-state index contributed by atoms with van der Waals surface area (Å²) >= 11 is 0. The van der Waals surface area contributed by atoms with Gasteiger partial charge in [0.2, 0.25) is 11.2 Å². The predicted molar refractivity (Wildman–Crippen MR) is 93.6 cm³/mol. The lowest BCUT2D eigenvalue weighted by Crippen LogP contribution is -2.46. The molecule has 1 aliphatic heterocycles. The summed E-state index contributed by atoms with van der Waals surface area (Å²) in [6.07, 6.45) is 1.24. The van der Waals surface area contributed by atoms with Gasteiger partial charge >= 0.3 is 0 Å². The Balaban J connectivity index is 1.54. The second-order valence-electron chi connectivity index (χ2n) is 5.93. The van der Waals surface area contributed by atoms with E-state index in [1.165, 1.54) is 18.0 Å². The SMILES string of the molecule is NC(=O)COc1coc(CN2CCN(c3ccccc3)CC2)cc1=O. The molecule has 0 bridgehead atoms. The van der Waals surface area contributed by atoms with Crippen LogP contribution in [0.1, 0.15) is 5.76 Å². The highest BCUT2D eigenvalue weighted by Gasteiger charge is 2.18. The van der Waals surface area contributed by atoms with Crippen LogP contribution in [0, 0.1) is 0 Å². The number of ether oxygens (including phenoxy) is 1. The normalized spacial score (nSPS) is 15.1. The maximum Gasteiger partial charge on any atom is 0.255 e. The fourth-order valence-corrected chi connectivity index (χ4v) is 2.80. The van der Waals surface area contributed by atoms with Crippen LogP contribution in [-0.4, -0.2) is 43.6 Å². The fourth-order valence-electron chi connectivity index (χ4n) is 2.80. The van der Waals surface area contributed by atoms with Gasteiger partial charge in [-0.3, -0.25) is 14.5 Å². The van der Waals surface area contributed by atoms with Crippen molar-refractivity contribution in [1.82, 2.24) is 4.90 Å². The van der Waals surface area contributed by atoms with Crippen LogP contribution in [-0.2, 0) is 11.3 Å². The molecule has 25 heavy (non-hydrogen) atoms. The van der Waals surface area contributed by atoms with Crippen molar-refractivity contribution in [3.63, 3.8) is 0 Å². The van der Waals surface area contributed by atoms with Gasteiger partial charge in [0.25, 0.3) is 5.91 Å². The van der Waals surface area contributed by atoms with Crippen LogP contribution in [0.5, 0.6) is 5.75 Å². The van der Waals surface area contributed by atoms with Crippen LogP contribution in [0.3, 0.4) is 0 Å². The second kappa shape index (κ2) is 7.85. The number of anilines is 1. The number of piperazine rings is 1. The average Bonchev–Trinajstić information content (AvgIpc) is 2.62. The van der Waals surface area contributed by atoms with Crippen molar-refractivity contribution in [2.75, 3.05) is 37.7 Å². The first-order valence-corrected chi connectivity index (χ1v) is 8.17. The van der Waals surface area contributed by atoms with Gasteiger partial charge in [0, 0.05) is 37.9 Å². The number of carbonyl (C=O) groups is 1. The van der Waals surface area contributed by atoms with Gasteiger partial charge in [0.05, 0.1) is 6.54 Å². The first-order chi connectivity index (χ1) is 12.1. The Morgan fingerprint density at radius 1 is 1.16 bits per heavy atom. The van der Waals surface area contributed by atoms with Gasteiger partial charge in [0.1, 0.15) is 12.0 Å². The van der Waals surface area contributed by atoms with Crippen molar-refractivity contribution in [2.45, 2.75) is 6.54 Å². The Labute approximate surface area is 145 Å². The third kappa shape index (κ3) is 4.60. The molecule has 2 aromatic rings. The molecule has 0 saturated carbocycles. The molecule has 1 aromatic heterocycles. The van der Waals surface area contributed by atoms with E-state index in [2.05, 4.69) is 21.9 Å². The van der Waals surface area contributed by atoms with E-state index < -0.39 is 5.91 Å². The average molecular weight is 343 g/mol.